The average molecular weight is 448 g/mol. The maximum absolute atomic E-state index is 13.0. The second kappa shape index (κ2) is 8.70. The number of rotatable bonds is 5. The van der Waals surface area contributed by atoms with Crippen molar-refractivity contribution in [2.45, 2.75) is 43.2 Å². The Kier molecular flexibility index (Phi) is 5.61. The van der Waals surface area contributed by atoms with Gasteiger partial charge in [0, 0.05) is 22.6 Å². The molecule has 5 rings (SSSR count). The summed E-state index contributed by atoms with van der Waals surface area (Å²) in [6, 6.07) is 11.6. The van der Waals surface area contributed by atoms with E-state index in [9.17, 15) is 14.4 Å². The van der Waals surface area contributed by atoms with Gasteiger partial charge in [0.1, 0.15) is 0 Å². The van der Waals surface area contributed by atoms with Crippen LogP contribution in [-0.2, 0) is 4.79 Å². The SMILES string of the molecule is O=C(CSc1nnc(C2CCCCC2)o1)Nc1cccc2c1C(=O)c1ccccc1C2=O. The predicted octanol–water partition coefficient (Wildman–Crippen LogP) is 4.62. The number of hydrogen-bond acceptors (Lipinski definition) is 7. The molecule has 1 aromatic heterocycles. The molecule has 0 atom stereocenters. The lowest BCUT2D eigenvalue weighted by atomic mass is 9.83. The van der Waals surface area contributed by atoms with E-state index in [-0.39, 0.29) is 28.8 Å². The zero-order valence-corrected chi connectivity index (χ0v) is 18.1. The van der Waals surface area contributed by atoms with Gasteiger partial charge in [0.25, 0.3) is 5.22 Å². The van der Waals surface area contributed by atoms with Crippen molar-refractivity contribution in [3.63, 3.8) is 0 Å². The fraction of sp³-hybridized carbons (Fsp3) is 0.292. The maximum atomic E-state index is 13.0. The van der Waals surface area contributed by atoms with Crippen LogP contribution in [0.3, 0.4) is 0 Å². The number of anilines is 1. The van der Waals surface area contributed by atoms with E-state index in [2.05, 4.69) is 15.5 Å². The maximum Gasteiger partial charge on any atom is 0.277 e. The molecule has 8 heteroatoms. The Morgan fingerprint density at radius 3 is 2.44 bits per heavy atom. The molecule has 1 fully saturated rings. The first-order chi connectivity index (χ1) is 15.6. The van der Waals surface area contributed by atoms with Crippen LogP contribution in [0.5, 0.6) is 0 Å². The molecule has 2 aromatic carbocycles. The largest absolute Gasteiger partial charge is 0.416 e. The Morgan fingerprint density at radius 2 is 1.66 bits per heavy atom. The van der Waals surface area contributed by atoms with Gasteiger partial charge in [-0.3, -0.25) is 14.4 Å². The van der Waals surface area contributed by atoms with Crippen LogP contribution in [0.1, 0.15) is 75.8 Å². The first-order valence-corrected chi connectivity index (χ1v) is 11.7. The van der Waals surface area contributed by atoms with Gasteiger partial charge >= 0.3 is 0 Å². The van der Waals surface area contributed by atoms with E-state index in [1.54, 1.807) is 42.5 Å². The molecule has 32 heavy (non-hydrogen) atoms. The number of nitrogens with one attached hydrogen (secondary N) is 1. The summed E-state index contributed by atoms with van der Waals surface area (Å²) in [5, 5.41) is 11.3. The van der Waals surface area contributed by atoms with Gasteiger partial charge in [0.05, 0.1) is 17.0 Å². The molecule has 0 spiro atoms. The zero-order valence-electron chi connectivity index (χ0n) is 17.3. The lowest BCUT2D eigenvalue weighted by Crippen LogP contribution is -2.24. The lowest BCUT2D eigenvalue weighted by Gasteiger charge is -2.20. The van der Waals surface area contributed by atoms with Gasteiger partial charge in [-0.1, -0.05) is 67.4 Å². The highest BCUT2D eigenvalue weighted by Gasteiger charge is 2.31. The van der Waals surface area contributed by atoms with Crippen LogP contribution in [0.15, 0.2) is 52.1 Å². The molecule has 0 unspecified atom stereocenters. The van der Waals surface area contributed by atoms with Crippen LogP contribution in [-0.4, -0.2) is 33.4 Å². The average Bonchev–Trinajstić information content (AvgIpc) is 3.31. The number of nitrogens with zero attached hydrogens (tertiary/aromatic N) is 2. The highest BCUT2D eigenvalue weighted by Crippen LogP contribution is 2.34. The quantitative estimate of drug-likeness (QED) is 0.445. The molecule has 1 amide bonds. The molecule has 1 saturated carbocycles. The molecule has 0 radical (unpaired) electrons. The summed E-state index contributed by atoms with van der Waals surface area (Å²) in [7, 11) is 0. The van der Waals surface area contributed by atoms with Gasteiger partial charge < -0.3 is 9.73 Å². The highest BCUT2D eigenvalue weighted by molar-refractivity contribution is 7.99. The van der Waals surface area contributed by atoms with E-state index in [4.69, 9.17) is 4.42 Å². The number of carbonyl (C=O) groups excluding carboxylic acids is 3. The van der Waals surface area contributed by atoms with Crippen molar-refractivity contribution in [3.8, 4) is 0 Å². The lowest BCUT2D eigenvalue weighted by molar-refractivity contribution is -0.113. The van der Waals surface area contributed by atoms with Gasteiger partial charge in [-0.05, 0) is 18.9 Å². The molecular formula is C24H21N3O4S. The van der Waals surface area contributed by atoms with E-state index >= 15 is 0 Å². The molecule has 0 bridgehead atoms. The number of amides is 1. The summed E-state index contributed by atoms with van der Waals surface area (Å²) in [5.74, 6) is 0.193. The number of carbonyl (C=O) groups is 3. The van der Waals surface area contributed by atoms with E-state index in [0.29, 0.717) is 39.4 Å². The highest BCUT2D eigenvalue weighted by atomic mass is 32.2. The number of hydrogen-bond donors (Lipinski definition) is 1. The summed E-state index contributed by atoms with van der Waals surface area (Å²) >= 11 is 1.16. The second-order valence-electron chi connectivity index (χ2n) is 8.01. The van der Waals surface area contributed by atoms with E-state index < -0.39 is 0 Å². The summed E-state index contributed by atoms with van der Waals surface area (Å²) in [6.07, 6.45) is 5.70. The monoisotopic (exact) mass is 447 g/mol. The Labute approximate surface area is 189 Å². The Morgan fingerprint density at radius 1 is 0.938 bits per heavy atom. The van der Waals surface area contributed by atoms with Crippen molar-refractivity contribution in [3.05, 3.63) is 70.6 Å². The third-order valence-electron chi connectivity index (χ3n) is 5.93. The molecule has 1 N–H and O–H groups in total. The minimum absolute atomic E-state index is 0.0503. The summed E-state index contributed by atoms with van der Waals surface area (Å²) in [5.41, 5.74) is 1.59. The fourth-order valence-corrected chi connectivity index (χ4v) is 4.93. The van der Waals surface area contributed by atoms with Crippen molar-refractivity contribution in [1.82, 2.24) is 10.2 Å². The topological polar surface area (TPSA) is 102 Å². The van der Waals surface area contributed by atoms with Gasteiger partial charge in [0.2, 0.25) is 11.8 Å². The summed E-state index contributed by atoms with van der Waals surface area (Å²) < 4.78 is 5.75. The first-order valence-electron chi connectivity index (χ1n) is 10.7. The van der Waals surface area contributed by atoms with Crippen molar-refractivity contribution in [2.24, 2.45) is 0 Å². The number of thioether (sulfide) groups is 1. The Balaban J connectivity index is 1.28. The molecule has 0 saturated heterocycles. The Bertz CT molecular complexity index is 1210. The van der Waals surface area contributed by atoms with Crippen LogP contribution in [0.2, 0.25) is 0 Å². The van der Waals surface area contributed by atoms with Crippen LogP contribution in [0.4, 0.5) is 5.69 Å². The van der Waals surface area contributed by atoms with Crippen LogP contribution in [0, 0.1) is 0 Å². The normalized spacial score (nSPS) is 15.9. The van der Waals surface area contributed by atoms with Gasteiger partial charge in [-0.2, -0.15) is 0 Å². The zero-order chi connectivity index (χ0) is 22.1. The number of fused-ring (bicyclic) bond motifs is 2. The van der Waals surface area contributed by atoms with E-state index in [0.717, 1.165) is 24.6 Å². The first kappa shape index (κ1) is 20.6. The van der Waals surface area contributed by atoms with Gasteiger partial charge in [0.15, 0.2) is 11.6 Å². The van der Waals surface area contributed by atoms with Crippen LogP contribution in [0.25, 0.3) is 0 Å². The Hall–Kier alpha value is -3.26. The van der Waals surface area contributed by atoms with Crippen molar-refractivity contribution >= 4 is 34.9 Å². The standard InChI is InChI=1S/C24H21N3O4S/c28-19(13-32-24-27-26-23(31-24)14-7-2-1-3-8-14)25-18-12-6-11-17-20(18)22(30)16-10-5-4-9-15(16)21(17)29/h4-6,9-12,14H,1-3,7-8,13H2,(H,25,28). The molecule has 3 aromatic rings. The van der Waals surface area contributed by atoms with Gasteiger partial charge in [-0.15, -0.1) is 10.2 Å². The third-order valence-corrected chi connectivity index (χ3v) is 6.75. The molecule has 162 valence electrons. The molecule has 2 aliphatic carbocycles. The molecule has 7 nitrogen and oxygen atoms in total. The minimum Gasteiger partial charge on any atom is -0.416 e. The third kappa shape index (κ3) is 3.86. The number of aromatic nitrogens is 2. The molecule has 0 aliphatic heterocycles. The molecule has 1 heterocycles. The van der Waals surface area contributed by atoms with Crippen LogP contribution < -0.4 is 5.32 Å². The van der Waals surface area contributed by atoms with E-state index in [1.165, 1.54) is 19.3 Å². The fourth-order valence-electron chi connectivity index (χ4n) is 4.36. The van der Waals surface area contributed by atoms with Crippen LogP contribution >= 0.6 is 11.8 Å². The number of ketones is 2. The molecule has 2 aliphatic rings. The van der Waals surface area contributed by atoms with Gasteiger partial charge in [-0.25, -0.2) is 0 Å². The van der Waals surface area contributed by atoms with Crippen molar-refractivity contribution in [2.75, 3.05) is 11.1 Å². The predicted molar refractivity (Wildman–Crippen MR) is 119 cm³/mol. The van der Waals surface area contributed by atoms with E-state index in [1.807, 2.05) is 0 Å². The van der Waals surface area contributed by atoms with Crippen molar-refractivity contribution in [1.29, 1.82) is 0 Å². The summed E-state index contributed by atoms with van der Waals surface area (Å²) in [4.78, 5) is 38.5. The smallest absolute Gasteiger partial charge is 0.277 e. The van der Waals surface area contributed by atoms with Crippen molar-refractivity contribution < 1.29 is 18.8 Å². The summed E-state index contributed by atoms with van der Waals surface area (Å²) in [6.45, 7) is 0. The molecular weight excluding hydrogens is 426 g/mol. The second-order valence-corrected chi connectivity index (χ2v) is 8.94. The number of benzene rings is 2. The minimum atomic E-state index is -0.320.